The fourth-order valence-corrected chi connectivity index (χ4v) is 3.18. The molecule has 0 fully saturated rings. The summed E-state index contributed by atoms with van der Waals surface area (Å²) < 4.78 is 39.8. The third kappa shape index (κ3) is 4.01. The fourth-order valence-electron chi connectivity index (χ4n) is 3.18. The Morgan fingerprint density at radius 1 is 0.793 bits per heavy atom. The van der Waals surface area contributed by atoms with E-state index in [1.807, 2.05) is 48.5 Å². The zero-order valence-corrected chi connectivity index (χ0v) is 15.3. The molecular formula is C23H17F3N2O. The molecule has 6 heteroatoms. The molecule has 0 aliphatic rings. The lowest BCUT2D eigenvalue weighted by Gasteiger charge is -2.10. The van der Waals surface area contributed by atoms with Gasteiger partial charge in [0.05, 0.1) is 17.8 Å². The van der Waals surface area contributed by atoms with E-state index in [9.17, 15) is 18.3 Å². The molecule has 4 aromatic rings. The van der Waals surface area contributed by atoms with Crippen molar-refractivity contribution < 1.29 is 18.3 Å². The number of para-hydroxylation sites is 1. The van der Waals surface area contributed by atoms with Crippen LogP contribution in [0, 0.1) is 0 Å². The van der Waals surface area contributed by atoms with E-state index in [4.69, 9.17) is 0 Å². The minimum Gasteiger partial charge on any atom is -0.507 e. The molecule has 0 aliphatic heterocycles. The van der Waals surface area contributed by atoms with E-state index in [0.29, 0.717) is 23.4 Å². The van der Waals surface area contributed by atoms with Crippen LogP contribution in [-0.2, 0) is 12.7 Å². The van der Waals surface area contributed by atoms with Crippen molar-refractivity contribution >= 4 is 0 Å². The van der Waals surface area contributed by atoms with E-state index in [-0.39, 0.29) is 5.75 Å². The SMILES string of the molecule is Oc1c(Cn2ccc(-c3ccc(C(F)(F)F)cc3)n2)cccc1-c1ccccc1. The van der Waals surface area contributed by atoms with E-state index in [1.54, 1.807) is 16.9 Å². The average molecular weight is 394 g/mol. The van der Waals surface area contributed by atoms with Crippen LogP contribution in [0.1, 0.15) is 11.1 Å². The lowest BCUT2D eigenvalue weighted by atomic mass is 10.0. The van der Waals surface area contributed by atoms with Crippen LogP contribution < -0.4 is 0 Å². The van der Waals surface area contributed by atoms with E-state index in [2.05, 4.69) is 5.10 Å². The van der Waals surface area contributed by atoms with Gasteiger partial charge in [-0.25, -0.2) is 0 Å². The number of halogens is 3. The van der Waals surface area contributed by atoms with Crippen molar-refractivity contribution in [3.05, 3.63) is 96.2 Å². The minimum absolute atomic E-state index is 0.185. The van der Waals surface area contributed by atoms with Crippen LogP contribution in [0.3, 0.4) is 0 Å². The number of phenols is 1. The summed E-state index contributed by atoms with van der Waals surface area (Å²) in [5.74, 6) is 0.185. The number of benzene rings is 3. The van der Waals surface area contributed by atoms with Crippen LogP contribution in [0.2, 0.25) is 0 Å². The van der Waals surface area contributed by atoms with Gasteiger partial charge in [-0.3, -0.25) is 4.68 Å². The third-order valence-electron chi connectivity index (χ3n) is 4.69. The van der Waals surface area contributed by atoms with Gasteiger partial charge in [0.25, 0.3) is 0 Å². The molecule has 0 amide bonds. The Morgan fingerprint density at radius 2 is 1.52 bits per heavy atom. The molecule has 1 N–H and O–H groups in total. The first-order chi connectivity index (χ1) is 13.9. The lowest BCUT2D eigenvalue weighted by Crippen LogP contribution is -2.04. The van der Waals surface area contributed by atoms with Gasteiger partial charge in [0.1, 0.15) is 5.75 Å². The van der Waals surface area contributed by atoms with Gasteiger partial charge in [0, 0.05) is 22.9 Å². The first kappa shape index (κ1) is 18.8. The zero-order valence-electron chi connectivity index (χ0n) is 15.3. The van der Waals surface area contributed by atoms with Crippen molar-refractivity contribution in [2.75, 3.05) is 0 Å². The molecule has 1 aromatic heterocycles. The van der Waals surface area contributed by atoms with Gasteiger partial charge in [0.2, 0.25) is 0 Å². The molecular weight excluding hydrogens is 377 g/mol. The highest BCUT2D eigenvalue weighted by Gasteiger charge is 2.30. The first-order valence-corrected chi connectivity index (χ1v) is 8.99. The predicted octanol–water partition coefficient (Wildman–Crippen LogP) is 5.99. The summed E-state index contributed by atoms with van der Waals surface area (Å²) >= 11 is 0. The summed E-state index contributed by atoms with van der Waals surface area (Å²) in [6.45, 7) is 0.340. The third-order valence-corrected chi connectivity index (χ3v) is 4.69. The summed E-state index contributed by atoms with van der Waals surface area (Å²) in [5.41, 5.74) is 2.82. The van der Waals surface area contributed by atoms with Crippen LogP contribution in [0.4, 0.5) is 13.2 Å². The van der Waals surface area contributed by atoms with Gasteiger partial charge < -0.3 is 5.11 Å². The molecule has 0 saturated heterocycles. The molecule has 4 rings (SSSR count). The average Bonchev–Trinajstić information content (AvgIpc) is 3.18. The quantitative estimate of drug-likeness (QED) is 0.462. The fraction of sp³-hybridized carbons (Fsp3) is 0.0870. The Kier molecular flexibility index (Phi) is 4.84. The summed E-state index contributed by atoms with van der Waals surface area (Å²) in [7, 11) is 0. The second kappa shape index (κ2) is 7.47. The van der Waals surface area contributed by atoms with Crippen LogP contribution in [0.5, 0.6) is 5.75 Å². The van der Waals surface area contributed by atoms with Gasteiger partial charge >= 0.3 is 6.18 Å². The van der Waals surface area contributed by atoms with Crippen molar-refractivity contribution in [1.29, 1.82) is 0 Å². The highest BCUT2D eigenvalue weighted by Crippen LogP contribution is 2.33. The molecule has 1 heterocycles. The van der Waals surface area contributed by atoms with Crippen molar-refractivity contribution in [3.8, 4) is 28.1 Å². The number of hydrogen-bond donors (Lipinski definition) is 1. The molecule has 0 atom stereocenters. The van der Waals surface area contributed by atoms with Gasteiger partial charge in [-0.2, -0.15) is 18.3 Å². The Morgan fingerprint density at radius 3 is 2.21 bits per heavy atom. The molecule has 0 radical (unpaired) electrons. The topological polar surface area (TPSA) is 38.0 Å². The number of aromatic hydroxyl groups is 1. The molecule has 146 valence electrons. The molecule has 3 nitrogen and oxygen atoms in total. The molecule has 0 bridgehead atoms. The molecule has 0 aliphatic carbocycles. The Hall–Kier alpha value is -3.54. The second-order valence-electron chi connectivity index (χ2n) is 6.65. The Balaban J connectivity index is 1.57. The number of rotatable bonds is 4. The number of phenolic OH excluding ortho intramolecular Hbond substituents is 1. The normalized spacial score (nSPS) is 11.6. The zero-order chi connectivity index (χ0) is 20.4. The Labute approximate surface area is 165 Å². The maximum atomic E-state index is 12.7. The standard InChI is InChI=1S/C23H17F3N2O/c24-23(25,26)19-11-9-17(10-12-19)21-13-14-28(27-21)15-18-7-4-8-20(22(18)29)16-5-2-1-3-6-16/h1-14,29H,15H2. The lowest BCUT2D eigenvalue weighted by molar-refractivity contribution is -0.137. The van der Waals surface area contributed by atoms with Gasteiger partial charge in [-0.15, -0.1) is 0 Å². The molecule has 3 aromatic carbocycles. The van der Waals surface area contributed by atoms with Crippen LogP contribution in [-0.4, -0.2) is 14.9 Å². The highest BCUT2D eigenvalue weighted by molar-refractivity contribution is 5.71. The van der Waals surface area contributed by atoms with E-state index < -0.39 is 11.7 Å². The molecule has 29 heavy (non-hydrogen) atoms. The summed E-state index contributed by atoms with van der Waals surface area (Å²) in [4.78, 5) is 0. The number of alkyl halides is 3. The first-order valence-electron chi connectivity index (χ1n) is 8.99. The van der Waals surface area contributed by atoms with Crippen molar-refractivity contribution in [1.82, 2.24) is 9.78 Å². The smallest absolute Gasteiger partial charge is 0.416 e. The number of aromatic nitrogens is 2. The second-order valence-corrected chi connectivity index (χ2v) is 6.65. The number of nitrogens with zero attached hydrogens (tertiary/aromatic N) is 2. The number of hydrogen-bond acceptors (Lipinski definition) is 2. The van der Waals surface area contributed by atoms with Gasteiger partial charge in [-0.05, 0) is 23.8 Å². The van der Waals surface area contributed by atoms with E-state index >= 15 is 0 Å². The maximum absolute atomic E-state index is 12.7. The summed E-state index contributed by atoms with van der Waals surface area (Å²) in [5, 5.41) is 15.1. The van der Waals surface area contributed by atoms with Gasteiger partial charge in [-0.1, -0.05) is 60.7 Å². The van der Waals surface area contributed by atoms with Crippen LogP contribution in [0.25, 0.3) is 22.4 Å². The van der Waals surface area contributed by atoms with Crippen molar-refractivity contribution in [2.24, 2.45) is 0 Å². The largest absolute Gasteiger partial charge is 0.507 e. The van der Waals surface area contributed by atoms with Crippen molar-refractivity contribution in [3.63, 3.8) is 0 Å². The maximum Gasteiger partial charge on any atom is 0.416 e. The molecule has 0 spiro atoms. The Bertz CT molecular complexity index is 1120. The monoisotopic (exact) mass is 394 g/mol. The molecule has 0 saturated carbocycles. The van der Waals surface area contributed by atoms with Crippen molar-refractivity contribution in [2.45, 2.75) is 12.7 Å². The minimum atomic E-state index is -4.36. The van der Waals surface area contributed by atoms with Crippen LogP contribution in [0.15, 0.2) is 85.1 Å². The van der Waals surface area contributed by atoms with Gasteiger partial charge in [0.15, 0.2) is 0 Å². The highest BCUT2D eigenvalue weighted by atomic mass is 19.4. The molecule has 0 unspecified atom stereocenters. The van der Waals surface area contributed by atoms with E-state index in [1.165, 1.54) is 12.1 Å². The van der Waals surface area contributed by atoms with Crippen LogP contribution >= 0.6 is 0 Å². The summed E-state index contributed by atoms with van der Waals surface area (Å²) in [6, 6.07) is 21.8. The summed E-state index contributed by atoms with van der Waals surface area (Å²) in [6.07, 6.45) is -2.62. The predicted molar refractivity (Wildman–Crippen MR) is 105 cm³/mol. The van der Waals surface area contributed by atoms with E-state index in [0.717, 1.165) is 23.3 Å².